The number of hydrogen-bond donors (Lipinski definition) is 2. The number of carbonyl (C=O) groups is 2. The van der Waals surface area contributed by atoms with Crippen LogP contribution in [0.15, 0.2) is 48.5 Å². The molecule has 0 heterocycles. The Balaban J connectivity index is 1.98. The molecular weight excluding hydrogens is 302 g/mol. The molecule has 0 spiro atoms. The van der Waals surface area contributed by atoms with Crippen LogP contribution in [-0.2, 0) is 6.54 Å². The molecule has 0 saturated heterocycles. The van der Waals surface area contributed by atoms with Crippen molar-refractivity contribution >= 4 is 17.5 Å². The minimum atomic E-state index is -0.135. The van der Waals surface area contributed by atoms with Crippen molar-refractivity contribution in [3.05, 3.63) is 65.2 Å². The third-order valence-electron chi connectivity index (χ3n) is 3.63. The van der Waals surface area contributed by atoms with Crippen molar-refractivity contribution in [2.75, 3.05) is 25.5 Å². The highest BCUT2D eigenvalue weighted by atomic mass is 16.2. The summed E-state index contributed by atoms with van der Waals surface area (Å²) in [7, 11) is 3.91. The van der Waals surface area contributed by atoms with Crippen LogP contribution in [0.3, 0.4) is 0 Å². The van der Waals surface area contributed by atoms with Crippen molar-refractivity contribution in [1.82, 2.24) is 10.6 Å². The van der Waals surface area contributed by atoms with E-state index in [9.17, 15) is 9.59 Å². The van der Waals surface area contributed by atoms with Crippen LogP contribution in [0.25, 0.3) is 0 Å². The standard InChI is InChI=1S/C19H23N3O2/c1-4-20-19(24)16-7-5-6-14(12-16)13-21-18(23)15-8-10-17(11-9-15)22(2)3/h5-12H,4,13H2,1-3H3,(H,20,24)(H,21,23). The first kappa shape index (κ1) is 17.5. The van der Waals surface area contributed by atoms with Crippen molar-refractivity contribution in [3.63, 3.8) is 0 Å². The number of nitrogens with one attached hydrogen (secondary N) is 2. The van der Waals surface area contributed by atoms with E-state index in [1.807, 2.05) is 50.2 Å². The van der Waals surface area contributed by atoms with E-state index in [2.05, 4.69) is 10.6 Å². The molecule has 5 heteroatoms. The molecule has 0 radical (unpaired) electrons. The molecule has 24 heavy (non-hydrogen) atoms. The Labute approximate surface area is 142 Å². The summed E-state index contributed by atoms with van der Waals surface area (Å²) in [5.74, 6) is -0.242. The maximum Gasteiger partial charge on any atom is 0.251 e. The average Bonchev–Trinajstić information content (AvgIpc) is 2.60. The van der Waals surface area contributed by atoms with Gasteiger partial charge in [-0.15, -0.1) is 0 Å². The highest BCUT2D eigenvalue weighted by Crippen LogP contribution is 2.12. The number of hydrogen-bond acceptors (Lipinski definition) is 3. The summed E-state index contributed by atoms with van der Waals surface area (Å²) in [4.78, 5) is 26.0. The van der Waals surface area contributed by atoms with Crippen LogP contribution in [0.1, 0.15) is 33.2 Å². The van der Waals surface area contributed by atoms with E-state index in [0.29, 0.717) is 24.2 Å². The van der Waals surface area contributed by atoms with Gasteiger partial charge in [-0.1, -0.05) is 12.1 Å². The van der Waals surface area contributed by atoms with E-state index >= 15 is 0 Å². The molecule has 5 nitrogen and oxygen atoms in total. The molecule has 0 aromatic heterocycles. The summed E-state index contributed by atoms with van der Waals surface area (Å²) >= 11 is 0. The molecular formula is C19H23N3O2. The second-order valence-electron chi connectivity index (χ2n) is 5.68. The fourth-order valence-corrected chi connectivity index (χ4v) is 2.28. The van der Waals surface area contributed by atoms with E-state index in [4.69, 9.17) is 0 Å². The Hall–Kier alpha value is -2.82. The quantitative estimate of drug-likeness (QED) is 0.857. The highest BCUT2D eigenvalue weighted by Gasteiger charge is 2.08. The Morgan fingerprint density at radius 3 is 2.21 bits per heavy atom. The summed E-state index contributed by atoms with van der Waals surface area (Å²) in [6.07, 6.45) is 0. The van der Waals surface area contributed by atoms with Crippen molar-refractivity contribution in [1.29, 1.82) is 0 Å². The minimum Gasteiger partial charge on any atom is -0.378 e. The molecule has 2 rings (SSSR count). The molecule has 2 aromatic rings. The summed E-state index contributed by atoms with van der Waals surface area (Å²) in [6.45, 7) is 2.84. The van der Waals surface area contributed by atoms with Crippen molar-refractivity contribution in [2.24, 2.45) is 0 Å². The van der Waals surface area contributed by atoms with Gasteiger partial charge in [-0.3, -0.25) is 9.59 Å². The molecule has 2 N–H and O–H groups in total. The molecule has 0 aliphatic heterocycles. The number of nitrogens with zero attached hydrogens (tertiary/aromatic N) is 1. The molecule has 0 atom stereocenters. The lowest BCUT2D eigenvalue weighted by molar-refractivity contribution is 0.0947. The van der Waals surface area contributed by atoms with Gasteiger partial charge in [0.2, 0.25) is 0 Å². The Morgan fingerprint density at radius 1 is 0.917 bits per heavy atom. The summed E-state index contributed by atoms with van der Waals surface area (Å²) in [5, 5.41) is 5.64. The molecule has 0 saturated carbocycles. The van der Waals surface area contributed by atoms with Crippen LogP contribution in [0.5, 0.6) is 0 Å². The second kappa shape index (κ2) is 8.15. The lowest BCUT2D eigenvalue weighted by Gasteiger charge is -2.12. The van der Waals surface area contributed by atoms with Crippen molar-refractivity contribution in [3.8, 4) is 0 Å². The molecule has 0 aliphatic carbocycles. The summed E-state index contributed by atoms with van der Waals surface area (Å²) in [5.41, 5.74) is 3.14. The van der Waals surface area contributed by atoms with E-state index in [0.717, 1.165) is 11.3 Å². The lowest BCUT2D eigenvalue weighted by atomic mass is 10.1. The van der Waals surface area contributed by atoms with E-state index in [1.54, 1.807) is 24.3 Å². The zero-order valence-electron chi connectivity index (χ0n) is 14.3. The maximum absolute atomic E-state index is 12.2. The van der Waals surface area contributed by atoms with Gasteiger partial charge >= 0.3 is 0 Å². The first-order valence-corrected chi connectivity index (χ1v) is 7.94. The van der Waals surface area contributed by atoms with Crippen LogP contribution >= 0.6 is 0 Å². The fraction of sp³-hybridized carbons (Fsp3) is 0.263. The fourth-order valence-electron chi connectivity index (χ4n) is 2.28. The number of benzene rings is 2. The largest absolute Gasteiger partial charge is 0.378 e. The number of rotatable bonds is 6. The van der Waals surface area contributed by atoms with Gasteiger partial charge in [0.15, 0.2) is 0 Å². The van der Waals surface area contributed by atoms with Gasteiger partial charge < -0.3 is 15.5 Å². The van der Waals surface area contributed by atoms with Gasteiger partial charge in [0, 0.05) is 44.0 Å². The first-order valence-electron chi connectivity index (χ1n) is 7.94. The second-order valence-corrected chi connectivity index (χ2v) is 5.68. The Bertz CT molecular complexity index is 709. The Kier molecular flexibility index (Phi) is 5.95. The predicted octanol–water partition coefficient (Wildman–Crippen LogP) is 2.43. The third kappa shape index (κ3) is 4.59. The third-order valence-corrected chi connectivity index (χ3v) is 3.63. The first-order chi connectivity index (χ1) is 11.5. The topological polar surface area (TPSA) is 61.4 Å². The number of amides is 2. The lowest BCUT2D eigenvalue weighted by Crippen LogP contribution is -2.24. The molecule has 0 unspecified atom stereocenters. The smallest absolute Gasteiger partial charge is 0.251 e. The summed E-state index contributed by atoms with van der Waals surface area (Å²) < 4.78 is 0. The van der Waals surface area contributed by atoms with Gasteiger partial charge in [0.1, 0.15) is 0 Å². The zero-order valence-corrected chi connectivity index (χ0v) is 14.3. The van der Waals surface area contributed by atoms with Crippen LogP contribution in [-0.4, -0.2) is 32.5 Å². The van der Waals surface area contributed by atoms with Gasteiger partial charge in [-0.05, 0) is 48.9 Å². The van der Waals surface area contributed by atoms with E-state index in [-0.39, 0.29) is 11.8 Å². The minimum absolute atomic E-state index is 0.107. The van der Waals surface area contributed by atoms with Crippen LogP contribution in [0, 0.1) is 0 Å². The Morgan fingerprint density at radius 2 is 1.58 bits per heavy atom. The van der Waals surface area contributed by atoms with Crippen LogP contribution < -0.4 is 15.5 Å². The highest BCUT2D eigenvalue weighted by molar-refractivity contribution is 5.95. The van der Waals surface area contributed by atoms with Crippen molar-refractivity contribution in [2.45, 2.75) is 13.5 Å². The molecule has 0 bridgehead atoms. The average molecular weight is 325 g/mol. The molecule has 2 aromatic carbocycles. The van der Waals surface area contributed by atoms with Crippen molar-refractivity contribution < 1.29 is 9.59 Å². The molecule has 126 valence electrons. The molecule has 0 aliphatic rings. The van der Waals surface area contributed by atoms with Crippen LogP contribution in [0.2, 0.25) is 0 Å². The monoisotopic (exact) mass is 325 g/mol. The van der Waals surface area contributed by atoms with Gasteiger partial charge in [0.25, 0.3) is 11.8 Å². The molecule has 0 fully saturated rings. The van der Waals surface area contributed by atoms with Crippen LogP contribution in [0.4, 0.5) is 5.69 Å². The predicted molar refractivity (Wildman–Crippen MR) is 96.4 cm³/mol. The number of anilines is 1. The summed E-state index contributed by atoms with van der Waals surface area (Å²) in [6, 6.07) is 14.7. The maximum atomic E-state index is 12.2. The number of carbonyl (C=O) groups excluding carboxylic acids is 2. The SMILES string of the molecule is CCNC(=O)c1cccc(CNC(=O)c2ccc(N(C)C)cc2)c1. The van der Waals surface area contributed by atoms with Gasteiger partial charge in [-0.2, -0.15) is 0 Å². The molecule has 2 amide bonds. The zero-order chi connectivity index (χ0) is 17.5. The normalized spacial score (nSPS) is 10.1. The van der Waals surface area contributed by atoms with E-state index in [1.165, 1.54) is 0 Å². The van der Waals surface area contributed by atoms with Gasteiger partial charge in [-0.25, -0.2) is 0 Å². The van der Waals surface area contributed by atoms with Gasteiger partial charge in [0.05, 0.1) is 0 Å². The van der Waals surface area contributed by atoms with E-state index < -0.39 is 0 Å².